The van der Waals surface area contributed by atoms with Gasteiger partial charge in [-0.3, -0.25) is 10.3 Å². The molecule has 40 heavy (non-hydrogen) atoms. The first-order chi connectivity index (χ1) is 19.2. The van der Waals surface area contributed by atoms with Gasteiger partial charge in [-0.2, -0.15) is 15.2 Å². The van der Waals surface area contributed by atoms with Crippen LogP contribution >= 0.6 is 11.3 Å². The summed E-state index contributed by atoms with van der Waals surface area (Å²) in [6, 6.07) is 5.44. The van der Waals surface area contributed by atoms with Crippen molar-refractivity contribution in [2.45, 2.75) is 82.0 Å². The molecule has 4 saturated heterocycles. The lowest BCUT2D eigenvalue weighted by atomic mass is 9.72. The molecule has 0 saturated carbocycles. The van der Waals surface area contributed by atoms with Gasteiger partial charge in [-0.1, -0.05) is 0 Å². The SMILES string of the molecule is C[C@H](Oc1nc(C(=N)N=C([OH2+])[C@@]2(C)CCCc3sc(N)c(C#N)c32)cc(N2CC3CC(C2)N3)n1)[C@@H]1CCCN1C. The lowest BCUT2D eigenvalue weighted by molar-refractivity contribution is 0.112. The van der Waals surface area contributed by atoms with E-state index in [4.69, 9.17) is 26.0 Å². The van der Waals surface area contributed by atoms with Crippen LogP contribution in [0.5, 0.6) is 6.01 Å². The van der Waals surface area contributed by atoms with Crippen molar-refractivity contribution in [1.82, 2.24) is 20.2 Å². The van der Waals surface area contributed by atoms with Crippen molar-refractivity contribution in [2.24, 2.45) is 4.99 Å². The minimum absolute atomic E-state index is 0.0414. The molecule has 2 bridgehead atoms. The van der Waals surface area contributed by atoms with Crippen LogP contribution in [0.1, 0.15) is 67.6 Å². The highest BCUT2D eigenvalue weighted by atomic mass is 32.1. The number of nitrogens with two attached hydrogens (primary N) is 1. The van der Waals surface area contributed by atoms with Gasteiger partial charge in [0, 0.05) is 47.7 Å². The first-order valence-corrected chi connectivity index (χ1v) is 15.0. The quantitative estimate of drug-likeness (QED) is 0.273. The highest BCUT2D eigenvalue weighted by molar-refractivity contribution is 7.16. The van der Waals surface area contributed by atoms with E-state index in [9.17, 15) is 5.26 Å². The molecule has 11 nitrogen and oxygen atoms in total. The number of ether oxygens (including phenoxy) is 1. The molecule has 0 spiro atoms. The van der Waals surface area contributed by atoms with Crippen molar-refractivity contribution in [1.29, 1.82) is 10.7 Å². The molecule has 7 rings (SSSR count). The molecule has 4 fully saturated rings. The summed E-state index contributed by atoms with van der Waals surface area (Å²) in [7, 11) is 2.11. The van der Waals surface area contributed by atoms with Crippen LogP contribution in [0.15, 0.2) is 11.1 Å². The Balaban J connectivity index is 1.32. The Labute approximate surface area is 238 Å². The molecule has 5 atom stereocenters. The summed E-state index contributed by atoms with van der Waals surface area (Å²) in [5.74, 6) is 0.650. The van der Waals surface area contributed by atoms with E-state index in [0.29, 0.717) is 34.8 Å². The van der Waals surface area contributed by atoms with Crippen LogP contribution in [0.25, 0.3) is 0 Å². The number of aryl methyl sites for hydroxylation is 1. The summed E-state index contributed by atoms with van der Waals surface area (Å²) in [6.07, 6.45) is 5.64. The Morgan fingerprint density at radius 2 is 2.12 bits per heavy atom. The zero-order valence-electron chi connectivity index (χ0n) is 23.3. The van der Waals surface area contributed by atoms with Crippen LogP contribution in [-0.4, -0.2) is 82.6 Å². The number of likely N-dealkylation sites (N-methyl/N-ethyl adjacent to an activating group) is 1. The number of nitrogen functional groups attached to an aromatic ring is 1. The maximum Gasteiger partial charge on any atom is 0.343 e. The second-order valence-electron chi connectivity index (χ2n) is 11.9. The topological polar surface area (TPSA) is 162 Å². The van der Waals surface area contributed by atoms with E-state index in [1.54, 1.807) is 6.07 Å². The molecule has 2 unspecified atom stereocenters. The van der Waals surface area contributed by atoms with E-state index in [-0.39, 0.29) is 29.9 Å². The van der Waals surface area contributed by atoms with Gasteiger partial charge in [-0.15, -0.1) is 16.3 Å². The van der Waals surface area contributed by atoms with Crippen molar-refractivity contribution < 1.29 is 9.84 Å². The minimum Gasteiger partial charge on any atom is -0.581 e. The third kappa shape index (κ3) is 4.70. The zero-order valence-corrected chi connectivity index (χ0v) is 24.1. The highest BCUT2D eigenvalue weighted by Gasteiger charge is 2.45. The Morgan fingerprint density at radius 1 is 1.38 bits per heavy atom. The molecule has 0 radical (unpaired) electrons. The molecule has 0 amide bonds. The van der Waals surface area contributed by atoms with Gasteiger partial charge < -0.3 is 25.8 Å². The van der Waals surface area contributed by atoms with Gasteiger partial charge in [0.15, 0.2) is 5.84 Å². The first kappa shape index (κ1) is 26.9. The molecular weight excluding hydrogens is 526 g/mol. The number of fused-ring (bicyclic) bond motifs is 3. The van der Waals surface area contributed by atoms with E-state index in [0.717, 1.165) is 61.6 Å². The third-order valence-corrected chi connectivity index (χ3v) is 10.2. The second kappa shape index (κ2) is 10.3. The second-order valence-corrected chi connectivity index (χ2v) is 13.0. The maximum atomic E-state index is 9.80. The number of hydrogen-bond donors (Lipinski definition) is 3. The molecule has 6 N–H and O–H groups in total. The molecular formula is C28H38N9O2S+. The number of likely N-dealkylation sites (tertiary alicyclic amines) is 1. The number of aromatic nitrogens is 2. The number of aliphatic imine (C=N–C) groups is 1. The van der Waals surface area contributed by atoms with Gasteiger partial charge in [-0.05, 0) is 66.0 Å². The van der Waals surface area contributed by atoms with Crippen molar-refractivity contribution >= 4 is 33.9 Å². The molecule has 2 aromatic heterocycles. The number of nitrogens with one attached hydrogen (secondary N) is 2. The Kier molecular flexibility index (Phi) is 6.92. The van der Waals surface area contributed by atoms with Crippen LogP contribution in [0, 0.1) is 16.7 Å². The largest absolute Gasteiger partial charge is 0.581 e. The lowest BCUT2D eigenvalue weighted by Crippen LogP contribution is -2.67. The zero-order chi connectivity index (χ0) is 28.2. The van der Waals surface area contributed by atoms with Crippen molar-refractivity contribution in [3.8, 4) is 12.1 Å². The molecule has 212 valence electrons. The number of rotatable bonds is 6. The van der Waals surface area contributed by atoms with E-state index in [2.05, 4.69) is 45.1 Å². The van der Waals surface area contributed by atoms with Gasteiger partial charge in [0.25, 0.3) is 0 Å². The molecule has 6 heterocycles. The number of thiophene rings is 1. The number of nitrogens with zero attached hydrogens (tertiary/aromatic N) is 6. The smallest absolute Gasteiger partial charge is 0.343 e. The van der Waals surface area contributed by atoms with E-state index >= 15 is 0 Å². The Morgan fingerprint density at radius 3 is 2.80 bits per heavy atom. The van der Waals surface area contributed by atoms with Crippen LogP contribution in [0.2, 0.25) is 0 Å². The summed E-state index contributed by atoms with van der Waals surface area (Å²) in [4.78, 5) is 19.4. The minimum atomic E-state index is -0.796. The fraction of sp³-hybridized carbons (Fsp3) is 0.607. The summed E-state index contributed by atoms with van der Waals surface area (Å²) < 4.78 is 6.30. The van der Waals surface area contributed by atoms with E-state index < -0.39 is 5.41 Å². The Hall–Kier alpha value is -3.27. The molecule has 12 heteroatoms. The molecule has 0 aromatic carbocycles. The number of hydrogen-bond acceptors (Lipinski definition) is 10. The summed E-state index contributed by atoms with van der Waals surface area (Å²) >= 11 is 1.43. The summed E-state index contributed by atoms with van der Waals surface area (Å²) in [5.41, 5.74) is 6.94. The molecule has 1 aliphatic carbocycles. The fourth-order valence-electron chi connectivity index (χ4n) is 6.85. The van der Waals surface area contributed by atoms with Crippen molar-refractivity contribution in [3.05, 3.63) is 27.8 Å². The van der Waals surface area contributed by atoms with Crippen LogP contribution in [0.3, 0.4) is 0 Å². The molecule has 5 aliphatic rings. The van der Waals surface area contributed by atoms with Crippen LogP contribution in [0.4, 0.5) is 10.8 Å². The van der Waals surface area contributed by atoms with E-state index in [1.807, 2.05) is 6.92 Å². The van der Waals surface area contributed by atoms with Crippen LogP contribution < -0.4 is 20.7 Å². The number of nitriles is 1. The van der Waals surface area contributed by atoms with E-state index in [1.165, 1.54) is 17.8 Å². The first-order valence-electron chi connectivity index (χ1n) is 14.1. The predicted octanol–water partition coefficient (Wildman–Crippen LogP) is 2.15. The van der Waals surface area contributed by atoms with Gasteiger partial charge in [0.2, 0.25) is 0 Å². The average Bonchev–Trinajstić information content (AvgIpc) is 3.50. The maximum absolute atomic E-state index is 9.80. The van der Waals surface area contributed by atoms with Gasteiger partial charge in [-0.25, -0.2) is 0 Å². The summed E-state index contributed by atoms with van der Waals surface area (Å²) in [6.45, 7) is 6.71. The predicted molar refractivity (Wildman–Crippen MR) is 157 cm³/mol. The average molecular weight is 565 g/mol. The van der Waals surface area contributed by atoms with Gasteiger partial charge in [0.05, 0.1) is 5.56 Å². The Bertz CT molecular complexity index is 1380. The molecule has 2 aromatic rings. The monoisotopic (exact) mass is 564 g/mol. The number of anilines is 2. The molecule has 4 aliphatic heterocycles. The standard InChI is InChI=1S/C28H37N9O2S/c1-15(20-6-5-9-36(20)3)39-27-33-19(11-22(34-27)37-13-16-10-17(14-37)32-16)24(30)35-26(38)28(2)8-4-7-21-23(28)18(12-29)25(31)40-21/h11,15-17,20,32H,4-10,13-14,31H2,1-3H3,(H2,30,35,38)/p+1/t15-,16?,17?,20-,28-/m0/s1. The normalized spacial score (nSPS) is 28.9. The highest BCUT2D eigenvalue weighted by Crippen LogP contribution is 2.46. The number of amidine groups is 1. The lowest BCUT2D eigenvalue weighted by Gasteiger charge is -2.48. The van der Waals surface area contributed by atoms with Crippen LogP contribution in [-0.2, 0) is 11.8 Å². The van der Waals surface area contributed by atoms with Gasteiger partial charge in [0.1, 0.15) is 34.1 Å². The van der Waals surface area contributed by atoms with Crippen molar-refractivity contribution in [2.75, 3.05) is 37.3 Å². The number of piperidine rings is 1. The van der Waals surface area contributed by atoms with Crippen molar-refractivity contribution in [3.63, 3.8) is 0 Å². The number of piperazine rings is 1. The third-order valence-electron chi connectivity index (χ3n) is 9.09. The fourth-order valence-corrected chi connectivity index (χ4v) is 8.04. The van der Waals surface area contributed by atoms with Gasteiger partial charge >= 0.3 is 11.9 Å². The summed E-state index contributed by atoms with van der Waals surface area (Å²) in [5, 5.41) is 31.8.